The predicted octanol–water partition coefficient (Wildman–Crippen LogP) is 2.66. The second-order valence-electron chi connectivity index (χ2n) is 2.52. The summed E-state index contributed by atoms with van der Waals surface area (Å²) in [6.07, 6.45) is 1.36. The summed E-state index contributed by atoms with van der Waals surface area (Å²) in [5.41, 5.74) is 0. The molecule has 0 aliphatic heterocycles. The first-order valence-electron chi connectivity index (χ1n) is 4.07. The number of alkyl halides is 1. The zero-order chi connectivity index (χ0) is 9.52. The van der Waals surface area contributed by atoms with Gasteiger partial charge in [0.1, 0.15) is 0 Å². The summed E-state index contributed by atoms with van der Waals surface area (Å²) in [6, 6.07) is 3.89. The Bertz CT molecular complexity index is 246. The maximum absolute atomic E-state index is 11.2. The van der Waals surface area contributed by atoms with E-state index in [-0.39, 0.29) is 5.97 Å². The van der Waals surface area contributed by atoms with Gasteiger partial charge in [0, 0.05) is 9.30 Å². The Kier molecular flexibility index (Phi) is 5.38. The molecular formula is C9H11IO2S. The van der Waals surface area contributed by atoms with E-state index in [0.717, 1.165) is 15.7 Å². The van der Waals surface area contributed by atoms with E-state index in [1.54, 1.807) is 11.3 Å². The number of hydrogen-bond acceptors (Lipinski definition) is 3. The lowest BCUT2D eigenvalue weighted by molar-refractivity contribution is -0.142. The van der Waals surface area contributed by atoms with E-state index >= 15 is 0 Å². The van der Waals surface area contributed by atoms with Crippen LogP contribution in [0.25, 0.3) is 0 Å². The average molecular weight is 310 g/mol. The van der Waals surface area contributed by atoms with Crippen LogP contribution in [-0.4, -0.2) is 17.0 Å². The number of carbonyl (C=O) groups excluding carboxylic acids is 1. The van der Waals surface area contributed by atoms with Crippen LogP contribution in [0, 0.1) is 0 Å². The van der Waals surface area contributed by atoms with Crippen LogP contribution in [0.3, 0.4) is 0 Å². The van der Waals surface area contributed by atoms with Crippen molar-refractivity contribution in [1.82, 2.24) is 0 Å². The fraction of sp³-hybridized carbons (Fsp3) is 0.444. The number of rotatable bonds is 5. The lowest BCUT2D eigenvalue weighted by atomic mass is 10.3. The summed E-state index contributed by atoms with van der Waals surface area (Å²) in [6.45, 7) is 0.549. The molecule has 1 aromatic heterocycles. The molecule has 0 aliphatic rings. The molecule has 1 heterocycles. The Morgan fingerprint density at radius 3 is 3.08 bits per heavy atom. The van der Waals surface area contributed by atoms with Gasteiger partial charge in [-0.25, -0.2) is 0 Å². The lowest BCUT2D eigenvalue weighted by Gasteiger charge is -2.01. The Morgan fingerprint density at radius 1 is 1.62 bits per heavy atom. The van der Waals surface area contributed by atoms with Crippen LogP contribution in [0.15, 0.2) is 17.5 Å². The third kappa shape index (κ3) is 4.61. The van der Waals surface area contributed by atoms with Gasteiger partial charge in [0.15, 0.2) is 0 Å². The SMILES string of the molecule is O=C(Cc1cccs1)OCCCI. The largest absolute Gasteiger partial charge is 0.465 e. The number of hydrogen-bond donors (Lipinski definition) is 0. The molecular weight excluding hydrogens is 299 g/mol. The molecule has 0 bridgehead atoms. The first-order chi connectivity index (χ1) is 6.33. The molecule has 0 atom stereocenters. The van der Waals surface area contributed by atoms with Gasteiger partial charge < -0.3 is 4.74 Å². The number of carbonyl (C=O) groups is 1. The van der Waals surface area contributed by atoms with Crippen molar-refractivity contribution in [2.45, 2.75) is 12.8 Å². The second-order valence-corrected chi connectivity index (χ2v) is 4.63. The fourth-order valence-electron chi connectivity index (χ4n) is 0.847. The first kappa shape index (κ1) is 11.0. The van der Waals surface area contributed by atoms with E-state index < -0.39 is 0 Å². The zero-order valence-electron chi connectivity index (χ0n) is 7.16. The van der Waals surface area contributed by atoms with Crippen LogP contribution in [-0.2, 0) is 16.0 Å². The highest BCUT2D eigenvalue weighted by molar-refractivity contribution is 14.1. The Morgan fingerprint density at radius 2 is 2.46 bits per heavy atom. The Balaban J connectivity index is 2.18. The highest BCUT2D eigenvalue weighted by Gasteiger charge is 2.04. The van der Waals surface area contributed by atoms with E-state index in [4.69, 9.17) is 4.74 Å². The van der Waals surface area contributed by atoms with E-state index in [9.17, 15) is 4.79 Å². The van der Waals surface area contributed by atoms with Crippen molar-refractivity contribution in [2.24, 2.45) is 0 Å². The lowest BCUT2D eigenvalue weighted by Crippen LogP contribution is -2.08. The van der Waals surface area contributed by atoms with Crippen LogP contribution in [0.4, 0.5) is 0 Å². The molecule has 0 radical (unpaired) electrons. The molecule has 0 N–H and O–H groups in total. The Hall–Kier alpha value is -0.100. The van der Waals surface area contributed by atoms with Crippen molar-refractivity contribution in [2.75, 3.05) is 11.0 Å². The van der Waals surface area contributed by atoms with Gasteiger partial charge in [0.05, 0.1) is 13.0 Å². The maximum Gasteiger partial charge on any atom is 0.311 e. The molecule has 72 valence electrons. The van der Waals surface area contributed by atoms with Crippen molar-refractivity contribution in [3.8, 4) is 0 Å². The molecule has 0 aromatic carbocycles. The zero-order valence-corrected chi connectivity index (χ0v) is 10.1. The van der Waals surface area contributed by atoms with Gasteiger partial charge in [0.25, 0.3) is 0 Å². The summed E-state index contributed by atoms with van der Waals surface area (Å²) in [5, 5.41) is 1.97. The van der Waals surface area contributed by atoms with Gasteiger partial charge in [-0.2, -0.15) is 0 Å². The molecule has 0 amide bonds. The van der Waals surface area contributed by atoms with Crippen LogP contribution in [0.2, 0.25) is 0 Å². The molecule has 0 unspecified atom stereocenters. The van der Waals surface area contributed by atoms with Gasteiger partial charge in [0.2, 0.25) is 0 Å². The molecule has 13 heavy (non-hydrogen) atoms. The van der Waals surface area contributed by atoms with E-state index in [0.29, 0.717) is 13.0 Å². The standard InChI is InChI=1S/C9H11IO2S/c10-4-2-5-12-9(11)7-8-3-1-6-13-8/h1,3,6H,2,4-5,7H2. The van der Waals surface area contributed by atoms with E-state index in [2.05, 4.69) is 22.6 Å². The molecule has 1 aromatic rings. The quantitative estimate of drug-likeness (QED) is 0.362. The minimum absolute atomic E-state index is 0.118. The summed E-state index contributed by atoms with van der Waals surface area (Å²) in [7, 11) is 0. The van der Waals surface area contributed by atoms with Crippen LogP contribution < -0.4 is 0 Å². The van der Waals surface area contributed by atoms with Crippen LogP contribution >= 0.6 is 33.9 Å². The fourth-order valence-corrected chi connectivity index (χ4v) is 1.85. The number of esters is 1. The highest BCUT2D eigenvalue weighted by Crippen LogP contribution is 2.09. The minimum Gasteiger partial charge on any atom is -0.465 e. The second kappa shape index (κ2) is 6.37. The van der Waals surface area contributed by atoms with E-state index in [1.165, 1.54) is 0 Å². The average Bonchev–Trinajstić information content (AvgIpc) is 2.57. The minimum atomic E-state index is -0.118. The molecule has 0 fully saturated rings. The number of halogens is 1. The molecule has 0 spiro atoms. The van der Waals surface area contributed by atoms with Crippen LogP contribution in [0.1, 0.15) is 11.3 Å². The van der Waals surface area contributed by atoms with Crippen molar-refractivity contribution < 1.29 is 9.53 Å². The molecule has 0 saturated carbocycles. The van der Waals surface area contributed by atoms with Crippen molar-refractivity contribution in [1.29, 1.82) is 0 Å². The number of ether oxygens (including phenoxy) is 1. The molecule has 4 heteroatoms. The summed E-state index contributed by atoms with van der Waals surface area (Å²) < 4.78 is 6.05. The van der Waals surface area contributed by atoms with Gasteiger partial charge in [-0.05, 0) is 17.9 Å². The normalized spacial score (nSPS) is 9.92. The summed E-state index contributed by atoms with van der Waals surface area (Å²) in [5.74, 6) is -0.118. The predicted molar refractivity (Wildman–Crippen MR) is 62.5 cm³/mol. The monoisotopic (exact) mass is 310 g/mol. The van der Waals surface area contributed by atoms with Crippen molar-refractivity contribution in [3.63, 3.8) is 0 Å². The van der Waals surface area contributed by atoms with Gasteiger partial charge in [-0.3, -0.25) is 4.79 Å². The summed E-state index contributed by atoms with van der Waals surface area (Å²) >= 11 is 3.86. The summed E-state index contributed by atoms with van der Waals surface area (Å²) in [4.78, 5) is 12.2. The van der Waals surface area contributed by atoms with Gasteiger partial charge in [-0.1, -0.05) is 28.7 Å². The topological polar surface area (TPSA) is 26.3 Å². The molecule has 2 nitrogen and oxygen atoms in total. The van der Waals surface area contributed by atoms with Crippen molar-refractivity contribution in [3.05, 3.63) is 22.4 Å². The number of thiophene rings is 1. The Labute approximate surface area is 95.4 Å². The first-order valence-corrected chi connectivity index (χ1v) is 6.47. The highest BCUT2D eigenvalue weighted by atomic mass is 127. The third-order valence-corrected chi connectivity index (χ3v) is 3.08. The van der Waals surface area contributed by atoms with Gasteiger partial charge >= 0.3 is 5.97 Å². The van der Waals surface area contributed by atoms with Crippen LogP contribution in [0.5, 0.6) is 0 Å². The molecule has 0 aliphatic carbocycles. The smallest absolute Gasteiger partial charge is 0.311 e. The molecule has 1 rings (SSSR count). The van der Waals surface area contributed by atoms with Gasteiger partial charge in [-0.15, -0.1) is 11.3 Å². The maximum atomic E-state index is 11.2. The third-order valence-electron chi connectivity index (χ3n) is 1.44. The molecule has 0 saturated heterocycles. The van der Waals surface area contributed by atoms with E-state index in [1.807, 2.05) is 17.5 Å². The van der Waals surface area contributed by atoms with Crippen molar-refractivity contribution >= 4 is 39.9 Å².